The Morgan fingerprint density at radius 2 is 2.05 bits per heavy atom. The molecule has 20 heavy (non-hydrogen) atoms. The van der Waals surface area contributed by atoms with Gasteiger partial charge in [-0.25, -0.2) is 8.42 Å². The second-order valence-electron chi connectivity index (χ2n) is 5.26. The van der Waals surface area contributed by atoms with Crippen molar-refractivity contribution in [3.8, 4) is 0 Å². The molecule has 0 spiro atoms. The number of likely N-dealkylation sites (N-methyl/N-ethyl adjacent to an activating group) is 1. The molecule has 1 N–H and O–H groups in total. The van der Waals surface area contributed by atoms with E-state index in [1.54, 1.807) is 4.31 Å². The fourth-order valence-electron chi connectivity index (χ4n) is 2.77. The third-order valence-electron chi connectivity index (χ3n) is 3.84. The van der Waals surface area contributed by atoms with Crippen LogP contribution in [0.15, 0.2) is 30.3 Å². The first-order valence-corrected chi connectivity index (χ1v) is 8.98. The van der Waals surface area contributed by atoms with Gasteiger partial charge in [-0.05, 0) is 31.4 Å². The van der Waals surface area contributed by atoms with Crippen LogP contribution in [0, 0.1) is 0 Å². The Kier molecular flexibility index (Phi) is 5.57. The average molecular weight is 296 g/mol. The van der Waals surface area contributed by atoms with Crippen LogP contribution in [0.1, 0.15) is 25.3 Å². The average Bonchev–Trinajstić information content (AvgIpc) is 2.48. The number of hydrogen-bond donors (Lipinski definition) is 1. The van der Waals surface area contributed by atoms with Crippen LogP contribution in [0.5, 0.6) is 0 Å². The van der Waals surface area contributed by atoms with E-state index in [-0.39, 0.29) is 11.8 Å². The largest absolute Gasteiger partial charge is 0.315 e. The van der Waals surface area contributed by atoms with Crippen molar-refractivity contribution >= 4 is 10.0 Å². The normalized spacial score (nSPS) is 20.2. The summed E-state index contributed by atoms with van der Waals surface area (Å²) < 4.78 is 26.7. The van der Waals surface area contributed by atoms with E-state index in [9.17, 15) is 8.42 Å². The molecule has 5 heteroatoms. The first-order chi connectivity index (χ1) is 9.63. The van der Waals surface area contributed by atoms with Crippen LogP contribution in [0.2, 0.25) is 0 Å². The van der Waals surface area contributed by atoms with Gasteiger partial charge in [0, 0.05) is 19.1 Å². The van der Waals surface area contributed by atoms with Crippen LogP contribution in [-0.2, 0) is 16.4 Å². The first kappa shape index (κ1) is 15.5. The highest BCUT2D eigenvalue weighted by Gasteiger charge is 2.29. The van der Waals surface area contributed by atoms with Crippen LogP contribution in [-0.4, -0.2) is 44.2 Å². The van der Waals surface area contributed by atoms with Gasteiger partial charge in [0.2, 0.25) is 10.0 Å². The van der Waals surface area contributed by atoms with Crippen LogP contribution in [0.3, 0.4) is 0 Å². The molecule has 112 valence electrons. The number of sulfonamides is 1. The second kappa shape index (κ2) is 7.20. The lowest BCUT2D eigenvalue weighted by molar-refractivity contribution is 0.274. The van der Waals surface area contributed by atoms with Gasteiger partial charge in [-0.2, -0.15) is 4.31 Å². The van der Waals surface area contributed by atoms with Crippen molar-refractivity contribution in [2.75, 3.05) is 25.4 Å². The van der Waals surface area contributed by atoms with Gasteiger partial charge in [0.1, 0.15) is 0 Å². The molecule has 1 saturated heterocycles. The zero-order chi connectivity index (χ0) is 14.4. The Bertz CT molecular complexity index is 496. The number of aryl methyl sites for hydroxylation is 1. The molecule has 0 amide bonds. The summed E-state index contributed by atoms with van der Waals surface area (Å²) in [6, 6.07) is 9.93. The van der Waals surface area contributed by atoms with E-state index in [2.05, 4.69) is 5.32 Å². The summed E-state index contributed by atoms with van der Waals surface area (Å²) in [6.45, 7) is 4.26. The van der Waals surface area contributed by atoms with Gasteiger partial charge in [0.05, 0.1) is 5.75 Å². The number of hydrogen-bond acceptors (Lipinski definition) is 3. The molecule has 0 radical (unpaired) electrons. The number of nitrogens with zero attached hydrogens (tertiary/aromatic N) is 1. The molecular formula is C15H24N2O2S. The van der Waals surface area contributed by atoms with Crippen molar-refractivity contribution in [3.63, 3.8) is 0 Å². The number of rotatable bonds is 6. The van der Waals surface area contributed by atoms with Crippen molar-refractivity contribution in [1.82, 2.24) is 9.62 Å². The molecule has 1 fully saturated rings. The van der Waals surface area contributed by atoms with Crippen molar-refractivity contribution in [3.05, 3.63) is 35.9 Å². The number of benzene rings is 1. The summed E-state index contributed by atoms with van der Waals surface area (Å²) in [6.07, 6.45) is 2.60. The van der Waals surface area contributed by atoms with Gasteiger partial charge in [-0.1, -0.05) is 37.3 Å². The highest BCUT2D eigenvalue weighted by molar-refractivity contribution is 7.89. The van der Waals surface area contributed by atoms with Gasteiger partial charge >= 0.3 is 0 Å². The lowest BCUT2D eigenvalue weighted by Gasteiger charge is -2.33. The summed E-state index contributed by atoms with van der Waals surface area (Å²) in [5.74, 6) is 0.196. The summed E-state index contributed by atoms with van der Waals surface area (Å²) in [4.78, 5) is 0. The SMILES string of the molecule is CCN(C1CCCNC1)S(=O)(=O)CCc1ccccc1. The fourth-order valence-corrected chi connectivity index (χ4v) is 4.53. The molecule has 1 aliphatic heterocycles. The topological polar surface area (TPSA) is 49.4 Å². The third kappa shape index (κ3) is 4.04. The Labute approximate surface area is 122 Å². The van der Waals surface area contributed by atoms with E-state index in [0.717, 1.165) is 31.5 Å². The lowest BCUT2D eigenvalue weighted by Crippen LogP contribution is -2.49. The second-order valence-corrected chi connectivity index (χ2v) is 7.30. The molecule has 1 unspecified atom stereocenters. The van der Waals surface area contributed by atoms with Crippen molar-refractivity contribution in [1.29, 1.82) is 0 Å². The fraction of sp³-hybridized carbons (Fsp3) is 0.600. The maximum absolute atomic E-state index is 12.5. The van der Waals surface area contributed by atoms with Crippen molar-refractivity contribution < 1.29 is 8.42 Å². The number of nitrogens with one attached hydrogen (secondary N) is 1. The van der Waals surface area contributed by atoms with Crippen molar-refractivity contribution in [2.24, 2.45) is 0 Å². The standard InChI is InChI=1S/C15H24N2O2S/c1-2-17(15-9-6-11-16-13-15)20(18,19)12-10-14-7-4-3-5-8-14/h3-5,7-8,15-16H,2,6,9-13H2,1H3. The maximum atomic E-state index is 12.5. The van der Waals surface area contributed by atoms with Gasteiger partial charge in [0.25, 0.3) is 0 Å². The zero-order valence-electron chi connectivity index (χ0n) is 12.1. The van der Waals surface area contributed by atoms with Gasteiger partial charge < -0.3 is 5.32 Å². The zero-order valence-corrected chi connectivity index (χ0v) is 12.9. The predicted molar refractivity (Wildman–Crippen MR) is 82.2 cm³/mol. The lowest BCUT2D eigenvalue weighted by atomic mass is 10.1. The van der Waals surface area contributed by atoms with Gasteiger partial charge in [-0.15, -0.1) is 0 Å². The van der Waals surface area contributed by atoms with E-state index in [0.29, 0.717) is 13.0 Å². The minimum Gasteiger partial charge on any atom is -0.315 e. The monoisotopic (exact) mass is 296 g/mol. The maximum Gasteiger partial charge on any atom is 0.214 e. The molecular weight excluding hydrogens is 272 g/mol. The van der Waals surface area contributed by atoms with Gasteiger partial charge in [-0.3, -0.25) is 0 Å². The molecule has 0 saturated carbocycles. The van der Waals surface area contributed by atoms with Crippen LogP contribution in [0.4, 0.5) is 0 Å². The molecule has 2 rings (SSSR count). The Morgan fingerprint density at radius 1 is 1.30 bits per heavy atom. The highest BCUT2D eigenvalue weighted by atomic mass is 32.2. The predicted octanol–water partition coefficient (Wildman–Crippen LogP) is 1.63. The van der Waals surface area contributed by atoms with Crippen LogP contribution >= 0.6 is 0 Å². The Hall–Kier alpha value is -0.910. The quantitative estimate of drug-likeness (QED) is 0.868. The minimum absolute atomic E-state index is 0.120. The molecule has 1 atom stereocenters. The van der Waals surface area contributed by atoms with E-state index < -0.39 is 10.0 Å². The summed E-state index contributed by atoms with van der Waals surface area (Å²) in [5, 5.41) is 3.29. The number of piperidine rings is 1. The minimum atomic E-state index is -3.18. The Balaban J connectivity index is 1.99. The van der Waals surface area contributed by atoms with E-state index in [4.69, 9.17) is 0 Å². The van der Waals surface area contributed by atoms with E-state index in [1.807, 2.05) is 37.3 Å². The van der Waals surface area contributed by atoms with Crippen molar-refractivity contribution in [2.45, 2.75) is 32.2 Å². The first-order valence-electron chi connectivity index (χ1n) is 7.37. The molecule has 0 aromatic heterocycles. The third-order valence-corrected chi connectivity index (χ3v) is 5.83. The summed E-state index contributed by atoms with van der Waals surface area (Å²) in [7, 11) is -3.18. The molecule has 1 heterocycles. The van der Waals surface area contributed by atoms with E-state index in [1.165, 1.54) is 0 Å². The van der Waals surface area contributed by atoms with Crippen LogP contribution in [0.25, 0.3) is 0 Å². The molecule has 1 aromatic rings. The molecule has 4 nitrogen and oxygen atoms in total. The molecule has 0 bridgehead atoms. The van der Waals surface area contributed by atoms with E-state index >= 15 is 0 Å². The molecule has 1 aromatic carbocycles. The summed E-state index contributed by atoms with van der Waals surface area (Å²) in [5.41, 5.74) is 1.08. The highest BCUT2D eigenvalue weighted by Crippen LogP contribution is 2.16. The molecule has 0 aliphatic carbocycles. The smallest absolute Gasteiger partial charge is 0.214 e. The molecule has 1 aliphatic rings. The van der Waals surface area contributed by atoms with Gasteiger partial charge in [0.15, 0.2) is 0 Å². The van der Waals surface area contributed by atoms with Crippen LogP contribution < -0.4 is 5.32 Å². The Morgan fingerprint density at radius 3 is 2.65 bits per heavy atom. The summed E-state index contributed by atoms with van der Waals surface area (Å²) >= 11 is 0.